The number of carbonyl (C=O) groups excluding carboxylic acids is 17. The molecule has 4 bridgehead atoms. The van der Waals surface area contributed by atoms with Gasteiger partial charge in [-0.1, -0.05) is 61.4 Å². The predicted octanol–water partition coefficient (Wildman–Crippen LogP) is -1.10. The van der Waals surface area contributed by atoms with Gasteiger partial charge in [-0.15, -0.1) is 23.5 Å². The van der Waals surface area contributed by atoms with Crippen molar-refractivity contribution < 1.29 is 137 Å². The van der Waals surface area contributed by atoms with Crippen LogP contribution in [0.2, 0.25) is 0 Å². The number of benzene rings is 2. The molecule has 1 aliphatic carbocycles. The summed E-state index contributed by atoms with van der Waals surface area (Å²) >= 11 is 5.75. The number of aliphatic hydroxyl groups excluding tert-OH is 4. The fraction of sp³-hybridized carbons (Fsp3) is 0.635. The van der Waals surface area contributed by atoms with E-state index in [4.69, 9.17) is 35.6 Å². The summed E-state index contributed by atoms with van der Waals surface area (Å²) in [5, 5.41) is 94.0. The van der Waals surface area contributed by atoms with Gasteiger partial charge in [0.2, 0.25) is 65.0 Å². The molecule has 0 saturated carbocycles. The van der Waals surface area contributed by atoms with Crippen molar-refractivity contribution in [3.63, 3.8) is 0 Å². The second kappa shape index (κ2) is 57.5. The number of nitrogens with one attached hydrogen (secondary N) is 13. The van der Waals surface area contributed by atoms with Gasteiger partial charge in [0, 0.05) is 136 Å². The predicted molar refractivity (Wildman–Crippen MR) is 528 cm³/mol. The summed E-state index contributed by atoms with van der Waals surface area (Å²) in [6.45, 7) is 14.0. The number of hydrogen-bond donors (Lipinski definition) is 21. The number of aromatic amines is 2. The molecule has 2 saturated heterocycles. The van der Waals surface area contributed by atoms with Crippen LogP contribution in [0.5, 0.6) is 0 Å². The third-order valence-corrected chi connectivity index (χ3v) is 27.8. The van der Waals surface area contributed by atoms with Crippen LogP contribution in [0.15, 0.2) is 70.7 Å². The molecule has 11 rings (SSSR count). The molecule has 0 spiro atoms. The number of allylic oxidation sites excluding steroid dienone is 2. The standard InChI is InChI=1S/C57H84N8O17S.C37H51N7O10S.CH5NS.CH2O/c1-34-46(68)27-37-26-42-41-14-10-11-15-43(41)63-54(42)83-32-44(55(75)65-31-39(67)29-45(65)52(73)60-34)62-53(74)49(36(3)66)64-50(71)35(2)61-51(72)38(28-47(37)69)30-57(4,77)33-59-48(70)16-18-78-20-22-80-24-25-81-23-21-79-19-17-58-56(76)82-40-12-8-6-5-7-9-13-40;1-17-28(47)10-20-9-24-23-7-5-6-8-25(23)42-35(24)55-15-26(36(53)44-14-22(46)12-27(44)33(51)39-17)41-34(52)30(19(3)45)43-31(49)18(2)40-32(50)21(11-29(20)48)13-37(4,54)16-38;1-2-3;1-2/h5-6,10-11,14-15,34-40,44-45,49,63,66-67,77H,7-9,12-13,16-33H2,1-4H3,(H,58,76)(H,59,70)(H,60,73)(H,61,72)(H,62,74)(H,64,71);5-8,17-22,26-27,30,42,45-46,54H,9-16,38H2,1-4H3,(H,39,51)(H,40,50)(H,41,52)(H,43,49);2-3H,1H3;1H2/b6-5+;;;/t34-,35-,36-,37+,38+,39+,40?,44+,45-,49+,57+;17-,18-,19-,20+,21+,22+,26+,27-,30+,37+;;/m00../s1/i;;1T;. The highest BCUT2D eigenvalue weighted by Crippen LogP contribution is 2.39. The van der Waals surface area contributed by atoms with Crippen molar-refractivity contribution in [1.29, 1.82) is 0 Å². The van der Waals surface area contributed by atoms with Gasteiger partial charge in [0.1, 0.15) is 72.8 Å². The average molecular weight is 2070 g/mol. The molecule has 0 radical (unpaired) electrons. The number of amides is 12. The fourth-order valence-corrected chi connectivity index (χ4v) is 19.8. The summed E-state index contributed by atoms with van der Waals surface area (Å²) in [7, 11) is 0.184. The molecule has 792 valence electrons. The third kappa shape index (κ3) is 35.8. The molecule has 2 aromatic carbocycles. The molecule has 6 aliphatic heterocycles. The van der Waals surface area contributed by atoms with Crippen LogP contribution in [0.3, 0.4) is 0 Å². The van der Waals surface area contributed by atoms with Gasteiger partial charge in [-0.05, 0) is 143 Å². The van der Waals surface area contributed by atoms with Crippen molar-refractivity contribution >= 4 is 159 Å². The molecular formula is C96H142N16O28S3. The molecule has 143 heavy (non-hydrogen) atoms. The minimum absolute atomic E-state index is 0.00797. The van der Waals surface area contributed by atoms with Gasteiger partial charge in [-0.3, -0.25) is 76.6 Å². The lowest BCUT2D eigenvalue weighted by molar-refractivity contribution is -0.142. The quantitative estimate of drug-likeness (QED) is 0.0213. The number of carbonyl (C=O) groups is 17. The molecule has 21 N–H and O–H groups in total. The van der Waals surface area contributed by atoms with Crippen molar-refractivity contribution in [3.05, 3.63) is 71.8 Å². The number of aromatic nitrogens is 2. The van der Waals surface area contributed by atoms with Gasteiger partial charge in [-0.2, -0.15) is 0 Å². The summed E-state index contributed by atoms with van der Waals surface area (Å²) in [5.41, 5.74) is 4.97. The minimum Gasteiger partial charge on any atom is -0.446 e. The molecule has 7 aliphatic rings. The molecule has 2 fully saturated rings. The Kier molecular flexibility index (Phi) is 46.7. The smallest absolute Gasteiger partial charge is 0.407 e. The maximum atomic E-state index is 14.9. The molecule has 4 aromatic rings. The Morgan fingerprint density at radius 3 is 1.38 bits per heavy atom. The van der Waals surface area contributed by atoms with Crippen LogP contribution in [-0.4, -0.2) is 358 Å². The number of fused-ring (bicyclic) bond motifs is 10. The van der Waals surface area contributed by atoms with Crippen molar-refractivity contribution in [2.24, 2.45) is 29.4 Å². The van der Waals surface area contributed by atoms with Gasteiger partial charge in [0.05, 0.1) is 111 Å². The van der Waals surface area contributed by atoms with Crippen LogP contribution in [-0.2, 0) is 113 Å². The number of hydrogen-bond acceptors (Lipinski definition) is 33. The Hall–Kier alpha value is -10.4. The monoisotopic (exact) mass is 2060 g/mol. The van der Waals surface area contributed by atoms with E-state index in [0.717, 1.165) is 70.8 Å². The number of nitrogens with two attached hydrogens (primary N) is 1. The van der Waals surface area contributed by atoms with E-state index in [0.29, 0.717) is 77.2 Å². The summed E-state index contributed by atoms with van der Waals surface area (Å²) in [5.74, 6) is -15.8. The average Bonchev–Trinajstić information content (AvgIpc) is 1.64. The number of rotatable bonds is 25. The van der Waals surface area contributed by atoms with Crippen LogP contribution in [0, 0.1) is 23.7 Å². The Morgan fingerprint density at radius 2 is 0.944 bits per heavy atom. The van der Waals surface area contributed by atoms with E-state index in [2.05, 4.69) is 92.8 Å². The Labute approximate surface area is 845 Å². The second-order valence-electron chi connectivity index (χ2n) is 37.4. The second-order valence-corrected chi connectivity index (χ2v) is 39.8. The molecule has 12 amide bonds. The number of aliphatic hydroxyl groups is 6. The van der Waals surface area contributed by atoms with Crippen molar-refractivity contribution in [1.82, 2.24) is 77.7 Å². The van der Waals surface area contributed by atoms with E-state index < -0.39 is 240 Å². The Morgan fingerprint density at radius 1 is 0.531 bits per heavy atom. The molecule has 8 heterocycles. The van der Waals surface area contributed by atoms with E-state index in [1.165, 1.54) is 55.4 Å². The minimum atomic E-state index is -1.83. The van der Waals surface area contributed by atoms with E-state index in [-0.39, 0.29) is 116 Å². The Balaban J connectivity index is 0.000000358. The zero-order valence-electron chi connectivity index (χ0n) is 83.0. The van der Waals surface area contributed by atoms with Crippen LogP contribution >= 0.6 is 36.3 Å². The molecular weight excluding hydrogens is 1920 g/mol. The number of nitrogens with zero attached hydrogens (tertiary/aromatic N) is 2. The number of thiol groups is 1. The number of thioether (sulfide) groups is 2. The lowest BCUT2D eigenvalue weighted by Crippen LogP contribution is -2.61. The number of H-pyrrole nitrogens is 2. The highest BCUT2D eigenvalue weighted by molar-refractivity contribution is 7.99. The molecule has 44 nitrogen and oxygen atoms in total. The van der Waals surface area contributed by atoms with Crippen LogP contribution in [0.1, 0.15) is 158 Å². The lowest BCUT2D eigenvalue weighted by Gasteiger charge is -2.31. The molecule has 1 unspecified atom stereocenters. The largest absolute Gasteiger partial charge is 0.446 e. The summed E-state index contributed by atoms with van der Waals surface area (Å²) < 4.78 is 36.2. The summed E-state index contributed by atoms with van der Waals surface area (Å²) in [4.78, 5) is 239. The van der Waals surface area contributed by atoms with Crippen molar-refractivity contribution in [3.8, 4) is 0 Å². The number of ether oxygens (including phenoxy) is 5. The van der Waals surface area contributed by atoms with Crippen LogP contribution in [0.25, 0.3) is 21.8 Å². The number of Topliss-reactive ketones (excluding diaryl/α,β-unsaturated/α-hetero) is 4. The van der Waals surface area contributed by atoms with Crippen LogP contribution in [0.4, 0.5) is 4.79 Å². The maximum Gasteiger partial charge on any atom is 0.407 e. The van der Waals surface area contributed by atoms with E-state index in [1.54, 1.807) is 24.3 Å². The Bertz CT molecular complexity index is 5080. The highest BCUT2D eigenvalue weighted by Gasteiger charge is 2.48. The fourth-order valence-electron chi connectivity index (χ4n) is 17.6. The third-order valence-electron chi connectivity index (χ3n) is 25.5. The van der Waals surface area contributed by atoms with Gasteiger partial charge in [-0.25, -0.2) is 4.79 Å². The van der Waals surface area contributed by atoms with Gasteiger partial charge >= 0.3 is 6.09 Å². The van der Waals surface area contributed by atoms with Gasteiger partial charge in [0.25, 0.3) is 0 Å². The first-order valence-corrected chi connectivity index (χ1v) is 50.5. The summed E-state index contributed by atoms with van der Waals surface area (Å²) in [6, 6.07) is 1.00. The number of alkyl carbamates (subject to hydrolysis) is 1. The van der Waals surface area contributed by atoms with E-state index in [1.807, 2.05) is 31.1 Å². The first kappa shape index (κ1) is 116. The first-order valence-electron chi connectivity index (χ1n) is 48.8. The van der Waals surface area contributed by atoms with Crippen LogP contribution < -0.4 is 63.6 Å². The first-order chi connectivity index (χ1) is 68.5. The number of ketones is 4. The lowest BCUT2D eigenvalue weighted by atomic mass is 9.81. The molecule has 47 heteroatoms. The maximum absolute atomic E-state index is 14.9. The zero-order chi connectivity index (χ0) is 106. The zero-order valence-corrected chi connectivity index (χ0v) is 84.5. The van der Waals surface area contributed by atoms with Crippen molar-refractivity contribution in [2.75, 3.05) is 104 Å². The topological polar surface area (TPSA) is 654 Å². The van der Waals surface area contributed by atoms with Gasteiger partial charge < -0.3 is 138 Å². The number of para-hydroxylation sites is 2. The van der Waals surface area contributed by atoms with Crippen molar-refractivity contribution in [2.45, 2.75) is 270 Å². The highest BCUT2D eigenvalue weighted by atomic mass is 32.2. The normalized spacial score (nSPS) is 27.8. The van der Waals surface area contributed by atoms with E-state index in [9.17, 15) is 107 Å². The van der Waals surface area contributed by atoms with E-state index >= 15 is 0 Å². The summed E-state index contributed by atoms with van der Waals surface area (Å²) in [6.07, 6.45) is 0.211. The molecule has 2 aromatic heterocycles. The SMILES string of the molecule is C=O.C[C@@H]1NC(=O)[C@@H]2C[C@@H](O)CN2C(=O)[C@H]2CSc3[nH]c4ccccc4c3C[C@H](CC1=O)C(=O)C[C@H](C[C@@](C)(O)CN)C(=O)N[C@@H](C)C(=O)N[C@H]([C@H](C)O)C(=O)N2.C[C@@H]1NC(=O)[C@@H]2C[C@@H](O)CN2C(=O)[C@H]2CSc3[nH]c4ccccc4c3C[C@H](CC1=O)C(=O)C[C@H](C[C@@](C)(O)CNC(=O)CCOCCOCCOCCOCCNC(=O)OC1CC/C=C/CCC1)C(=O)N[C@@H](C)C(=O)N[C@H]([C@H](C)O)C(=O)N2.[3H]CNS. The molecule has 21 atom stereocenters. The van der Waals surface area contributed by atoms with Gasteiger partial charge in [0.15, 0.2) is 11.6 Å².